The summed E-state index contributed by atoms with van der Waals surface area (Å²) >= 11 is 5.47. The third kappa shape index (κ3) is 26.8. The van der Waals surface area contributed by atoms with E-state index in [4.69, 9.17) is 36.5 Å². The van der Waals surface area contributed by atoms with E-state index in [1.807, 2.05) is 0 Å². The van der Waals surface area contributed by atoms with Gasteiger partial charge in [-0.2, -0.15) is 9.59 Å². The molecule has 358 valence electrons. The van der Waals surface area contributed by atoms with Crippen LogP contribution in [0.3, 0.4) is 0 Å². The van der Waals surface area contributed by atoms with E-state index in [0.29, 0.717) is 22.4 Å². The largest absolute Gasteiger partial charge is 0.481 e. The minimum atomic E-state index is -4.56. The highest BCUT2D eigenvalue weighted by molar-refractivity contribution is 7.80. The number of hydrogen-bond donors (Lipinski definition) is 9. The van der Waals surface area contributed by atoms with Crippen LogP contribution in [0.2, 0.25) is 0 Å². The van der Waals surface area contributed by atoms with Crippen LogP contribution in [0, 0.1) is 11.8 Å². The standard InChI is InChI=1S/C37H55N4O18PS.CO2/c1-3-4-26(36(53)54)22-60(57,58)59-21-29(37(55)56)38-30(42)10-9-25(35(51)52)15-28(61)14-24-7-5-23(6-8-24)13-27(39(2)17-31(43)44)16-40(18-32(45)46)11-12-41(19-33(47)48)20-34(49)50;2-1-3/h5-8,25-27,29H,3-4,9-22H2,1-2H3,(H,38,42)(H,43,44)(H,45,46)(H,47,48)(H,49,50)(H,51,52)(H,53,54)(H,55,56)(H,57,58);/t25?,26?,27?,29-;/m0./s1. The van der Waals surface area contributed by atoms with Crippen molar-refractivity contribution in [1.82, 2.24) is 20.0 Å². The van der Waals surface area contributed by atoms with Gasteiger partial charge < -0.3 is 50.5 Å². The van der Waals surface area contributed by atoms with Gasteiger partial charge in [0, 0.05) is 38.5 Å². The first-order chi connectivity index (χ1) is 29.8. The van der Waals surface area contributed by atoms with Crippen LogP contribution in [0.25, 0.3) is 0 Å². The monoisotopic (exact) mass is 950 g/mol. The molecule has 0 radical (unpaired) electrons. The molecular weight excluding hydrogens is 895 g/mol. The van der Waals surface area contributed by atoms with E-state index in [1.54, 1.807) is 31.2 Å². The summed E-state index contributed by atoms with van der Waals surface area (Å²) in [5, 5.41) is 68.0. The Morgan fingerprint density at radius 2 is 1.23 bits per heavy atom. The number of amides is 1. The maximum atomic E-state index is 12.6. The van der Waals surface area contributed by atoms with Gasteiger partial charge in [-0.05, 0) is 48.7 Å². The highest BCUT2D eigenvalue weighted by Crippen LogP contribution is 2.44. The molecule has 4 unspecified atom stereocenters. The summed E-state index contributed by atoms with van der Waals surface area (Å²) in [7, 11) is -3.02. The number of carboxylic acid groups (broad SMARTS) is 7. The predicted octanol–water partition coefficient (Wildman–Crippen LogP) is -0.0558. The average molecular weight is 951 g/mol. The minimum absolute atomic E-state index is 0.0219. The molecule has 0 heterocycles. The average Bonchev–Trinajstić information content (AvgIpc) is 3.16. The highest BCUT2D eigenvalue weighted by atomic mass is 32.1. The van der Waals surface area contributed by atoms with E-state index in [-0.39, 0.29) is 57.9 Å². The summed E-state index contributed by atoms with van der Waals surface area (Å²) in [4.78, 5) is 124. The zero-order chi connectivity index (χ0) is 49.2. The van der Waals surface area contributed by atoms with Crippen molar-refractivity contribution in [3.05, 3.63) is 35.4 Å². The van der Waals surface area contributed by atoms with E-state index in [0.717, 1.165) is 4.90 Å². The van der Waals surface area contributed by atoms with Crippen LogP contribution in [-0.2, 0) is 69.9 Å². The van der Waals surface area contributed by atoms with Crippen LogP contribution >= 0.6 is 19.8 Å². The Labute approximate surface area is 372 Å². The molecule has 1 rings (SSSR count). The van der Waals surface area contributed by atoms with Gasteiger partial charge in [-0.25, -0.2) is 4.79 Å². The molecule has 1 amide bonds. The Morgan fingerprint density at radius 1 is 0.750 bits per heavy atom. The summed E-state index contributed by atoms with van der Waals surface area (Å²) in [6.07, 6.45) is -0.452. The molecule has 24 nitrogen and oxygen atoms in total. The van der Waals surface area contributed by atoms with Crippen LogP contribution in [-0.4, -0.2) is 192 Å². The predicted molar refractivity (Wildman–Crippen MR) is 223 cm³/mol. The van der Waals surface area contributed by atoms with Gasteiger partial charge in [-0.3, -0.25) is 52.8 Å². The van der Waals surface area contributed by atoms with Crippen LogP contribution in [0.5, 0.6) is 0 Å². The number of nitrogens with one attached hydrogen (secondary N) is 1. The maximum absolute atomic E-state index is 12.6. The van der Waals surface area contributed by atoms with Crippen LogP contribution in [0.1, 0.15) is 50.2 Å². The van der Waals surface area contributed by atoms with Crippen molar-refractivity contribution < 1.29 is 97.7 Å². The van der Waals surface area contributed by atoms with Gasteiger partial charge in [0.05, 0.1) is 50.8 Å². The van der Waals surface area contributed by atoms with Crippen molar-refractivity contribution in [2.45, 2.75) is 64.0 Å². The normalized spacial score (nSPS) is 13.8. The number of likely N-dealkylation sites (N-methyl/N-ethyl adjacent to an activating group) is 1. The van der Waals surface area contributed by atoms with Gasteiger partial charge in [-0.15, -0.1) is 0 Å². The van der Waals surface area contributed by atoms with Crippen molar-refractivity contribution in [1.29, 1.82) is 0 Å². The zero-order valence-corrected chi connectivity index (χ0v) is 36.8. The van der Waals surface area contributed by atoms with Crippen LogP contribution < -0.4 is 5.32 Å². The second-order valence-corrected chi connectivity index (χ2v) is 17.1. The number of hydrogen-bond acceptors (Lipinski definition) is 16. The summed E-state index contributed by atoms with van der Waals surface area (Å²) < 4.78 is 17.3. The van der Waals surface area contributed by atoms with Crippen molar-refractivity contribution in [2.24, 2.45) is 11.8 Å². The summed E-state index contributed by atoms with van der Waals surface area (Å²) in [5.41, 5.74) is 1.40. The van der Waals surface area contributed by atoms with Gasteiger partial charge in [0.15, 0.2) is 6.04 Å². The Hall–Kier alpha value is -5.52. The summed E-state index contributed by atoms with van der Waals surface area (Å²) in [5.74, 6) is -12.3. The van der Waals surface area contributed by atoms with Gasteiger partial charge in [0.2, 0.25) is 5.91 Å². The number of carboxylic acids is 7. The number of carbonyl (C=O) groups is 8. The maximum Gasteiger partial charge on any atom is 0.373 e. The molecule has 64 heavy (non-hydrogen) atoms. The molecule has 0 fully saturated rings. The summed E-state index contributed by atoms with van der Waals surface area (Å²) in [6, 6.07) is 4.53. The molecule has 1 aromatic carbocycles. The van der Waals surface area contributed by atoms with E-state index >= 15 is 0 Å². The smallest absolute Gasteiger partial charge is 0.373 e. The number of thiocarbonyl (C=S) groups is 1. The van der Waals surface area contributed by atoms with Crippen molar-refractivity contribution >= 4 is 78.5 Å². The fraction of sp³-hybridized carbons (Fsp3) is 0.579. The van der Waals surface area contributed by atoms with E-state index in [9.17, 15) is 73.3 Å². The third-order valence-corrected chi connectivity index (χ3v) is 11.0. The number of rotatable bonds is 34. The number of aliphatic carboxylic acids is 7. The molecule has 0 spiro atoms. The van der Waals surface area contributed by atoms with E-state index in [1.165, 1.54) is 16.8 Å². The van der Waals surface area contributed by atoms with E-state index < -0.39 is 125 Å². The lowest BCUT2D eigenvalue weighted by atomic mass is 9.94. The second-order valence-electron chi connectivity index (χ2n) is 14.6. The van der Waals surface area contributed by atoms with Crippen LogP contribution in [0.4, 0.5) is 0 Å². The lowest BCUT2D eigenvalue weighted by molar-refractivity contribution is -0.192. The molecule has 0 aromatic heterocycles. The van der Waals surface area contributed by atoms with Crippen molar-refractivity contribution in [2.75, 3.05) is 65.6 Å². The van der Waals surface area contributed by atoms with E-state index in [2.05, 4.69) is 5.32 Å². The Morgan fingerprint density at radius 3 is 1.70 bits per heavy atom. The first kappa shape index (κ1) is 58.5. The number of nitrogens with zero attached hydrogens (tertiary/aromatic N) is 3. The lowest BCUT2D eigenvalue weighted by Crippen LogP contribution is -2.49. The minimum Gasteiger partial charge on any atom is -0.481 e. The van der Waals surface area contributed by atoms with Gasteiger partial charge in [0.1, 0.15) is 0 Å². The van der Waals surface area contributed by atoms with Gasteiger partial charge in [0.25, 0.3) is 0 Å². The summed E-state index contributed by atoms with van der Waals surface area (Å²) in [6.45, 7) is -1.46. The molecule has 0 saturated carbocycles. The first-order valence-corrected chi connectivity index (χ1v) is 21.5. The molecule has 0 aliphatic rings. The van der Waals surface area contributed by atoms with Gasteiger partial charge in [-0.1, -0.05) is 49.8 Å². The van der Waals surface area contributed by atoms with Gasteiger partial charge >= 0.3 is 55.5 Å². The molecule has 5 atom stereocenters. The number of benzene rings is 1. The molecule has 9 N–H and O–H groups in total. The Bertz CT molecular complexity index is 1830. The molecule has 1 aromatic rings. The molecule has 0 aliphatic carbocycles. The molecular formula is C38H55N4O20PS. The third-order valence-electron chi connectivity index (χ3n) is 9.24. The fourth-order valence-corrected chi connectivity index (χ4v) is 7.92. The SMILES string of the molecule is CCCC(CP(=O)(O)OC[C@H](NC(=O)CCC(CC(=S)Cc1ccc(CC(CN(CCN(CC(=O)O)CC(=O)O)CC(=O)O)N(C)CC(=O)O)cc1)C(=O)O)C(=O)O)C(=O)O.O=C=O. The number of carbonyl (C=O) groups excluding carboxylic acids is 3. The zero-order valence-electron chi connectivity index (χ0n) is 35.1. The molecule has 0 aliphatic heterocycles. The quantitative estimate of drug-likeness (QED) is 0.0323. The van der Waals surface area contributed by atoms with Crippen molar-refractivity contribution in [3.63, 3.8) is 0 Å². The molecule has 0 bridgehead atoms. The van der Waals surface area contributed by atoms with Crippen molar-refractivity contribution in [3.8, 4) is 0 Å². The molecule has 26 heteroatoms. The Kier molecular flexibility index (Phi) is 27.9. The topological polar surface area (TPSA) is 381 Å². The Balaban J connectivity index is 0.0000128. The fourth-order valence-electron chi connectivity index (χ4n) is 6.17. The lowest BCUT2D eigenvalue weighted by Gasteiger charge is -2.33. The van der Waals surface area contributed by atoms with Crippen LogP contribution in [0.15, 0.2) is 24.3 Å². The highest BCUT2D eigenvalue weighted by Gasteiger charge is 2.32. The molecule has 0 saturated heterocycles. The second kappa shape index (κ2) is 30.5. The first-order valence-electron chi connectivity index (χ1n) is 19.4.